The smallest absolute Gasteiger partial charge is 0.275 e. The minimum atomic E-state index is -1.31. The highest BCUT2D eigenvalue weighted by Gasteiger charge is 2.44. The third-order valence-electron chi connectivity index (χ3n) is 4.96. The van der Waals surface area contributed by atoms with Crippen LogP contribution >= 0.6 is 0 Å². The van der Waals surface area contributed by atoms with Gasteiger partial charge < -0.3 is 15.1 Å². The normalized spacial score (nSPS) is 22.8. The topological polar surface area (TPSA) is 94.2 Å². The summed E-state index contributed by atoms with van der Waals surface area (Å²) in [7, 11) is 1.65. The third kappa shape index (κ3) is 2.82. The van der Waals surface area contributed by atoms with Gasteiger partial charge >= 0.3 is 0 Å². The summed E-state index contributed by atoms with van der Waals surface area (Å²) in [6.07, 6.45) is 7.17. The van der Waals surface area contributed by atoms with Crippen molar-refractivity contribution >= 4 is 12.1 Å². The lowest BCUT2D eigenvalue weighted by atomic mass is 9.95. The number of carbonyl (C=O) groups excluding carboxylic acids is 1. The largest absolute Gasteiger partial charge is 0.507 e. The van der Waals surface area contributed by atoms with Gasteiger partial charge in [-0.2, -0.15) is 10.2 Å². The Morgan fingerprint density at radius 1 is 1.29 bits per heavy atom. The number of rotatable bonds is 3. The summed E-state index contributed by atoms with van der Waals surface area (Å²) in [6, 6.07) is 10.7. The lowest BCUT2D eigenvalue weighted by Crippen LogP contribution is -2.56. The van der Waals surface area contributed by atoms with Crippen LogP contribution in [0.2, 0.25) is 0 Å². The molecule has 3 unspecified atom stereocenters. The van der Waals surface area contributed by atoms with Gasteiger partial charge in [0.25, 0.3) is 5.91 Å². The molecule has 0 spiro atoms. The number of likely N-dealkylation sites (N-methyl/N-ethyl adjacent to an activating group) is 1. The van der Waals surface area contributed by atoms with Gasteiger partial charge in [-0.15, -0.1) is 6.42 Å². The van der Waals surface area contributed by atoms with Crippen molar-refractivity contribution in [2.24, 2.45) is 5.10 Å². The van der Waals surface area contributed by atoms with E-state index in [0.29, 0.717) is 12.2 Å². The van der Waals surface area contributed by atoms with Crippen molar-refractivity contribution in [1.29, 1.82) is 0 Å². The van der Waals surface area contributed by atoms with Crippen LogP contribution in [0.3, 0.4) is 0 Å². The molecule has 28 heavy (non-hydrogen) atoms. The highest BCUT2D eigenvalue weighted by atomic mass is 16.3. The fourth-order valence-electron chi connectivity index (χ4n) is 3.61. The van der Waals surface area contributed by atoms with Crippen molar-refractivity contribution in [2.45, 2.75) is 18.2 Å². The molecule has 3 atom stereocenters. The molecule has 1 fully saturated rings. The number of amides is 1. The zero-order valence-corrected chi connectivity index (χ0v) is 15.2. The van der Waals surface area contributed by atoms with Gasteiger partial charge in [-0.25, -0.2) is 5.01 Å². The van der Waals surface area contributed by atoms with Crippen LogP contribution in [0, 0.1) is 12.3 Å². The van der Waals surface area contributed by atoms with E-state index < -0.39 is 17.8 Å². The van der Waals surface area contributed by atoms with E-state index in [1.54, 1.807) is 24.0 Å². The molecule has 0 saturated carbocycles. The van der Waals surface area contributed by atoms with Crippen LogP contribution in [0.5, 0.6) is 0 Å². The molecule has 1 saturated heterocycles. The van der Waals surface area contributed by atoms with Crippen molar-refractivity contribution in [3.63, 3.8) is 0 Å². The molecule has 2 aromatic rings. The highest BCUT2D eigenvalue weighted by Crippen LogP contribution is 2.34. The van der Waals surface area contributed by atoms with E-state index in [4.69, 9.17) is 6.42 Å². The van der Waals surface area contributed by atoms with Crippen LogP contribution in [0.4, 0.5) is 0 Å². The summed E-state index contributed by atoms with van der Waals surface area (Å²) >= 11 is 0. The summed E-state index contributed by atoms with van der Waals surface area (Å²) in [5, 5.41) is 30.5. The second-order valence-electron chi connectivity index (χ2n) is 6.72. The molecule has 0 radical (unpaired) electrons. The van der Waals surface area contributed by atoms with Crippen molar-refractivity contribution < 1.29 is 15.0 Å². The Morgan fingerprint density at radius 2 is 2.04 bits per heavy atom. The molecular formula is C20H19N5O3. The number of aliphatic hydroxyl groups is 2. The van der Waals surface area contributed by atoms with Crippen LogP contribution < -0.4 is 0 Å². The van der Waals surface area contributed by atoms with Gasteiger partial charge in [0.2, 0.25) is 0 Å². The van der Waals surface area contributed by atoms with E-state index in [2.05, 4.69) is 16.1 Å². The molecule has 1 aromatic carbocycles. The van der Waals surface area contributed by atoms with E-state index in [-0.39, 0.29) is 17.8 Å². The summed E-state index contributed by atoms with van der Waals surface area (Å²) in [5.74, 6) is 1.71. The number of aliphatic hydroxyl groups excluding tert-OH is 2. The van der Waals surface area contributed by atoms with Crippen molar-refractivity contribution in [2.75, 3.05) is 13.6 Å². The Bertz CT molecular complexity index is 1000. The molecule has 8 heteroatoms. The fraction of sp³-hybridized carbons (Fsp3) is 0.250. The first-order valence-corrected chi connectivity index (χ1v) is 8.78. The summed E-state index contributed by atoms with van der Waals surface area (Å²) < 4.78 is 1.74. The van der Waals surface area contributed by atoms with E-state index >= 15 is 0 Å². The Balaban J connectivity index is 1.85. The number of nitrogens with zero attached hydrogens (tertiary/aromatic N) is 5. The molecule has 1 aromatic heterocycles. The fourth-order valence-corrected chi connectivity index (χ4v) is 3.61. The van der Waals surface area contributed by atoms with Crippen molar-refractivity contribution in [1.82, 2.24) is 19.7 Å². The van der Waals surface area contributed by atoms with Crippen LogP contribution in [0.25, 0.3) is 0 Å². The Labute approximate surface area is 162 Å². The van der Waals surface area contributed by atoms with Gasteiger partial charge in [0, 0.05) is 19.8 Å². The molecular weight excluding hydrogens is 358 g/mol. The molecule has 142 valence electrons. The van der Waals surface area contributed by atoms with Gasteiger partial charge in [0.15, 0.2) is 11.5 Å². The molecule has 4 rings (SSSR count). The number of aromatic nitrogens is 2. The number of hydrogen-bond donors (Lipinski definition) is 2. The minimum absolute atomic E-state index is 0.0287. The first kappa shape index (κ1) is 17.8. The third-order valence-corrected chi connectivity index (χ3v) is 4.96. The van der Waals surface area contributed by atoms with Gasteiger partial charge in [-0.1, -0.05) is 30.3 Å². The summed E-state index contributed by atoms with van der Waals surface area (Å²) in [6.45, 7) is 0.341. The Hall–Kier alpha value is -3.57. The van der Waals surface area contributed by atoms with Crippen LogP contribution in [0.15, 0.2) is 59.2 Å². The predicted octanol–water partition coefficient (Wildman–Crippen LogP) is 0.726. The van der Waals surface area contributed by atoms with E-state index in [1.165, 1.54) is 16.1 Å². The second-order valence-corrected chi connectivity index (χ2v) is 6.72. The average molecular weight is 377 g/mol. The molecule has 0 bridgehead atoms. The number of fused-ring (bicyclic) bond motifs is 1. The molecule has 2 N–H and O–H groups in total. The molecule has 3 heterocycles. The molecule has 2 aliphatic rings. The zero-order valence-electron chi connectivity index (χ0n) is 15.2. The van der Waals surface area contributed by atoms with Gasteiger partial charge in [0.05, 0.1) is 12.3 Å². The summed E-state index contributed by atoms with van der Waals surface area (Å²) in [4.78, 5) is 14.1. The van der Waals surface area contributed by atoms with Crippen LogP contribution in [-0.4, -0.2) is 67.8 Å². The van der Waals surface area contributed by atoms with Gasteiger partial charge in [-0.05, 0) is 17.6 Å². The lowest BCUT2D eigenvalue weighted by Gasteiger charge is -2.44. The number of terminal acetylenes is 1. The second kappa shape index (κ2) is 6.87. The number of benzene rings is 1. The van der Waals surface area contributed by atoms with Crippen molar-refractivity contribution in [3.05, 3.63) is 65.3 Å². The summed E-state index contributed by atoms with van der Waals surface area (Å²) in [5.41, 5.74) is 1.42. The molecule has 1 amide bonds. The monoisotopic (exact) mass is 377 g/mol. The van der Waals surface area contributed by atoms with Crippen LogP contribution in [0.1, 0.15) is 17.3 Å². The average Bonchev–Trinajstić information content (AvgIpc) is 3.18. The maximum absolute atomic E-state index is 12.6. The van der Waals surface area contributed by atoms with E-state index in [9.17, 15) is 15.0 Å². The minimum Gasteiger partial charge on any atom is -0.507 e. The van der Waals surface area contributed by atoms with Crippen LogP contribution in [-0.2, 0) is 4.79 Å². The SMILES string of the molecule is C#Cc1ccn(C(c2ccccc2)C2CN(C)C(=O)C3=C(O)C(O)C=NN32)n1. The molecule has 2 aliphatic heterocycles. The first-order chi connectivity index (χ1) is 13.5. The Morgan fingerprint density at radius 3 is 2.71 bits per heavy atom. The molecule has 0 aliphatic carbocycles. The number of carbonyl (C=O) groups is 1. The van der Waals surface area contributed by atoms with E-state index in [0.717, 1.165) is 5.56 Å². The highest BCUT2D eigenvalue weighted by molar-refractivity contribution is 5.95. The maximum atomic E-state index is 12.6. The number of hydrogen-bond acceptors (Lipinski definition) is 6. The van der Waals surface area contributed by atoms with Crippen molar-refractivity contribution in [3.8, 4) is 12.3 Å². The number of piperazine rings is 1. The quantitative estimate of drug-likeness (QED) is 0.769. The standard InChI is InChI=1S/C20H19N5O3/c1-3-14-9-10-24(22-14)17(13-7-5-4-6-8-13)15-12-23(2)20(28)18-19(27)16(26)11-21-25(15)18/h1,4-11,15-17,26-27H,12H2,2H3. The lowest BCUT2D eigenvalue weighted by molar-refractivity contribution is -0.133. The predicted molar refractivity (Wildman–Crippen MR) is 102 cm³/mol. The first-order valence-electron chi connectivity index (χ1n) is 8.78. The van der Waals surface area contributed by atoms with Gasteiger partial charge in [-0.3, -0.25) is 9.48 Å². The zero-order chi connectivity index (χ0) is 19.8. The maximum Gasteiger partial charge on any atom is 0.275 e. The van der Waals surface area contributed by atoms with Gasteiger partial charge in [0.1, 0.15) is 17.8 Å². The Kier molecular flexibility index (Phi) is 4.37. The molecule has 8 nitrogen and oxygen atoms in total. The van der Waals surface area contributed by atoms with E-state index in [1.807, 2.05) is 30.3 Å². The number of hydrazone groups is 1.